The fourth-order valence-electron chi connectivity index (χ4n) is 6.58. The lowest BCUT2D eigenvalue weighted by atomic mass is 9.83. The molecule has 11 aromatic rings. The second-order valence-electron chi connectivity index (χ2n) is 11.5. The fourth-order valence-corrected chi connectivity index (χ4v) is 6.58. The lowest BCUT2D eigenvalue weighted by Crippen LogP contribution is -1.92. The van der Waals surface area contributed by atoms with Crippen LogP contribution in [0.1, 0.15) is 43.9 Å². The lowest BCUT2D eigenvalue weighted by molar-refractivity contribution is 0.669. The van der Waals surface area contributed by atoms with Crippen molar-refractivity contribution < 1.29 is 48.3 Å². The van der Waals surface area contributed by atoms with E-state index in [9.17, 15) is 19.2 Å². The van der Waals surface area contributed by atoms with E-state index in [0.29, 0.717) is 0 Å². The minimum atomic E-state index is -1.16. The first-order chi connectivity index (χ1) is 39.6. The van der Waals surface area contributed by atoms with Crippen molar-refractivity contribution in [3.8, 4) is 44.5 Å². The standard InChI is InChI=1S/C52H32O/c1-2-14-34(15-3-1)38-24-13-29-49-52(38)47-32-35(30-31-48(47)53-49)37-23-11-26-40-39(37)25-12-28-42(40)51-45-21-8-6-19-43(45)50(44-20-7-9-22-46(44)51)41-27-10-17-33-16-4-5-18-36(33)41/h1-32H/i1D,2D,3D,4D,5D,6D,7D,8D,9D,10D,11D,12D,13D,14D,15D,16D,17D,18D,19D,20D,21D,22D,23D,24D,25D,26D,27D,28D,29D,30D,31D,32D. The zero-order valence-electron chi connectivity index (χ0n) is 58.4. The van der Waals surface area contributed by atoms with Gasteiger partial charge in [-0.25, -0.2) is 0 Å². The van der Waals surface area contributed by atoms with Gasteiger partial charge in [0, 0.05) is 10.8 Å². The van der Waals surface area contributed by atoms with Crippen LogP contribution in [0.25, 0.3) is 110 Å². The summed E-state index contributed by atoms with van der Waals surface area (Å²) in [6, 6.07) is -32.1. The molecule has 53 heavy (non-hydrogen) atoms. The summed E-state index contributed by atoms with van der Waals surface area (Å²) in [5.41, 5.74) is -7.86. The van der Waals surface area contributed by atoms with Crippen LogP contribution in [0.15, 0.2) is 198 Å². The number of benzene rings is 10. The molecule has 1 nitrogen and oxygen atoms in total. The van der Waals surface area contributed by atoms with E-state index in [1.807, 2.05) is 0 Å². The van der Waals surface area contributed by atoms with Crippen LogP contribution in [0.3, 0.4) is 0 Å². The molecule has 246 valence electrons. The van der Waals surface area contributed by atoms with Gasteiger partial charge in [0.25, 0.3) is 0 Å². The molecule has 0 bridgehead atoms. The molecule has 0 saturated heterocycles. The minimum Gasteiger partial charge on any atom is -0.456 e. The predicted octanol–water partition coefficient (Wildman–Crippen LogP) is 14.9. The summed E-state index contributed by atoms with van der Waals surface area (Å²) < 4.78 is 298. The van der Waals surface area contributed by atoms with Crippen molar-refractivity contribution in [1.82, 2.24) is 0 Å². The molecule has 0 unspecified atom stereocenters. The van der Waals surface area contributed by atoms with Gasteiger partial charge in [0.2, 0.25) is 0 Å². The fraction of sp³-hybridized carbons (Fsp3) is 0. The molecule has 0 aliphatic rings. The van der Waals surface area contributed by atoms with E-state index in [4.69, 9.17) is 29.1 Å². The van der Waals surface area contributed by atoms with Crippen molar-refractivity contribution in [3.63, 3.8) is 0 Å². The first-order valence-electron chi connectivity index (χ1n) is 31.7. The molecule has 1 heterocycles. The molecule has 0 aliphatic heterocycles. The normalized spacial score (nSPS) is 20.2. The molecular weight excluding hydrogens is 641 g/mol. The SMILES string of the molecule is [2H]c1c([2H])c([2H])c(-c2c([2H])c([2H])c([2H])c3oc4c([2H])c([2H])c(-c5c([2H])c([2H])c([2H])c6c(-c7c8c([2H])c([2H])c([2H])c([2H])c8c(-c8c([2H])c([2H])c([2H])c9c([2H])c([2H])c([2H])c([2H])c89)c8c([2H])c([2H])c([2H])c([2H])c78)c([2H])c([2H])c([2H])c56)c([2H])c4c23)c([2H])c1[2H]. The monoisotopic (exact) mass is 704 g/mol. The first-order valence-corrected chi connectivity index (χ1v) is 15.7. The maximum Gasteiger partial charge on any atom is 0.136 e. The third-order valence-electron chi connectivity index (χ3n) is 8.76. The van der Waals surface area contributed by atoms with Crippen molar-refractivity contribution >= 4 is 65.0 Å². The highest BCUT2D eigenvalue weighted by atomic mass is 16.3. The zero-order chi connectivity index (χ0) is 62.7. The highest BCUT2D eigenvalue weighted by Crippen LogP contribution is 2.47. The van der Waals surface area contributed by atoms with Gasteiger partial charge in [0.15, 0.2) is 0 Å². The number of furan rings is 1. The van der Waals surface area contributed by atoms with Crippen LogP contribution in [0.5, 0.6) is 0 Å². The Labute approximate surface area is 352 Å². The number of rotatable bonds is 4. The maximum absolute atomic E-state index is 9.92. The topological polar surface area (TPSA) is 13.1 Å². The third kappa shape index (κ3) is 4.58. The third-order valence-corrected chi connectivity index (χ3v) is 8.76. The first kappa shape index (κ1) is 12.0. The Morgan fingerprint density at radius 1 is 0.302 bits per heavy atom. The summed E-state index contributed by atoms with van der Waals surface area (Å²) in [6.45, 7) is 0. The maximum atomic E-state index is 9.92. The summed E-state index contributed by atoms with van der Waals surface area (Å²) >= 11 is 0. The Hall–Kier alpha value is -6.96. The smallest absolute Gasteiger partial charge is 0.136 e. The number of fused-ring (bicyclic) bond motifs is 7. The van der Waals surface area contributed by atoms with Gasteiger partial charge in [-0.15, -0.1) is 0 Å². The van der Waals surface area contributed by atoms with E-state index in [2.05, 4.69) is 0 Å². The van der Waals surface area contributed by atoms with Crippen LogP contribution in [-0.2, 0) is 0 Å². The molecule has 0 radical (unpaired) electrons. The molecule has 10 aromatic carbocycles. The van der Waals surface area contributed by atoms with Gasteiger partial charge in [-0.05, 0) is 106 Å². The van der Waals surface area contributed by atoms with Gasteiger partial charge in [0.1, 0.15) is 11.2 Å². The molecule has 11 rings (SSSR count). The summed E-state index contributed by atoms with van der Waals surface area (Å²) in [4.78, 5) is 0. The van der Waals surface area contributed by atoms with E-state index in [-0.39, 0.29) is 0 Å². The Morgan fingerprint density at radius 3 is 1.49 bits per heavy atom. The van der Waals surface area contributed by atoms with E-state index >= 15 is 0 Å². The van der Waals surface area contributed by atoms with Crippen molar-refractivity contribution in [2.24, 2.45) is 0 Å². The summed E-state index contributed by atoms with van der Waals surface area (Å²) in [7, 11) is 0. The van der Waals surface area contributed by atoms with Crippen molar-refractivity contribution in [1.29, 1.82) is 0 Å². The van der Waals surface area contributed by atoms with Gasteiger partial charge < -0.3 is 4.42 Å². The lowest BCUT2D eigenvalue weighted by Gasteiger charge is -2.20. The molecule has 0 atom stereocenters. The van der Waals surface area contributed by atoms with E-state index in [0.717, 1.165) is 0 Å². The molecular formula is C52H32O. The Bertz CT molecular complexity index is 4960. The summed E-state index contributed by atoms with van der Waals surface area (Å²) in [5.74, 6) is 0. The average Bonchev–Trinajstić information content (AvgIpc) is 1.23. The molecule has 0 N–H and O–H groups in total. The van der Waals surface area contributed by atoms with Crippen LogP contribution < -0.4 is 0 Å². The predicted molar refractivity (Wildman–Crippen MR) is 225 cm³/mol. The summed E-state index contributed by atoms with van der Waals surface area (Å²) in [5, 5.41) is -7.61. The van der Waals surface area contributed by atoms with Crippen molar-refractivity contribution in [2.75, 3.05) is 0 Å². The molecule has 0 spiro atoms. The molecule has 1 heteroatoms. The Kier molecular flexibility index (Phi) is 2.68. The quantitative estimate of drug-likeness (QED) is 0.166. The van der Waals surface area contributed by atoms with Gasteiger partial charge >= 0.3 is 0 Å². The highest BCUT2D eigenvalue weighted by Gasteiger charge is 2.20. The van der Waals surface area contributed by atoms with Gasteiger partial charge in [0.05, 0.1) is 43.9 Å². The largest absolute Gasteiger partial charge is 0.456 e. The van der Waals surface area contributed by atoms with Crippen molar-refractivity contribution in [2.45, 2.75) is 0 Å². The zero-order valence-corrected chi connectivity index (χ0v) is 26.4. The number of hydrogen-bond acceptors (Lipinski definition) is 1. The second-order valence-corrected chi connectivity index (χ2v) is 11.5. The molecule has 1 aromatic heterocycles. The van der Waals surface area contributed by atoms with Crippen LogP contribution >= 0.6 is 0 Å². The van der Waals surface area contributed by atoms with Crippen LogP contribution in [0.4, 0.5) is 0 Å². The van der Waals surface area contributed by atoms with E-state index in [1.165, 1.54) is 0 Å². The van der Waals surface area contributed by atoms with Gasteiger partial charge in [-0.3, -0.25) is 0 Å². The Balaban J connectivity index is 1.42. The average molecular weight is 705 g/mol. The van der Waals surface area contributed by atoms with Gasteiger partial charge in [-0.1, -0.05) is 175 Å². The Morgan fingerprint density at radius 2 is 0.792 bits per heavy atom. The van der Waals surface area contributed by atoms with Crippen LogP contribution in [0.2, 0.25) is 0 Å². The number of hydrogen-bond donors (Lipinski definition) is 0. The molecule has 0 fully saturated rings. The minimum absolute atomic E-state index is 0.574. The molecule has 0 saturated carbocycles. The van der Waals surface area contributed by atoms with E-state index in [1.54, 1.807) is 0 Å². The highest BCUT2D eigenvalue weighted by molar-refractivity contribution is 6.25. The summed E-state index contributed by atoms with van der Waals surface area (Å²) in [6.07, 6.45) is 0. The second kappa shape index (κ2) is 11.8. The molecule has 0 aliphatic carbocycles. The molecule has 0 amide bonds. The van der Waals surface area contributed by atoms with Gasteiger partial charge in [-0.2, -0.15) is 0 Å². The van der Waals surface area contributed by atoms with Crippen LogP contribution in [-0.4, -0.2) is 0 Å². The van der Waals surface area contributed by atoms with Crippen molar-refractivity contribution in [3.05, 3.63) is 193 Å². The van der Waals surface area contributed by atoms with Crippen LogP contribution in [0, 0.1) is 0 Å². The van der Waals surface area contributed by atoms with E-state index < -0.39 is 303 Å².